The molecule has 0 aliphatic heterocycles. The van der Waals surface area contributed by atoms with Crippen molar-refractivity contribution in [1.29, 1.82) is 0 Å². The van der Waals surface area contributed by atoms with Gasteiger partial charge in [0.15, 0.2) is 6.73 Å². The molecule has 0 fully saturated rings. The van der Waals surface area contributed by atoms with Crippen LogP contribution in [0, 0.1) is 10.1 Å². The van der Waals surface area contributed by atoms with Crippen molar-refractivity contribution in [2.45, 2.75) is 32.9 Å². The minimum atomic E-state index is -1.45. The van der Waals surface area contributed by atoms with Gasteiger partial charge in [0.05, 0.1) is 4.92 Å². The highest BCUT2D eigenvalue weighted by Gasteiger charge is 2.25. The number of carbonyl (C=O) groups is 1. The normalized spacial score (nSPS) is 11.3. The lowest BCUT2D eigenvalue weighted by Crippen LogP contribution is -2.12. The molecule has 0 bridgehead atoms. The molecule has 23 heavy (non-hydrogen) atoms. The molecule has 0 atom stereocenters. The molecular formula is C15H17N3O5. The van der Waals surface area contributed by atoms with Crippen LogP contribution in [0.3, 0.4) is 0 Å². The Hall–Kier alpha value is -2.90. The van der Waals surface area contributed by atoms with Crippen molar-refractivity contribution in [3.63, 3.8) is 0 Å². The average molecular weight is 319 g/mol. The number of hydrogen-bond donors (Lipinski definition) is 1. The second-order valence-electron chi connectivity index (χ2n) is 6.02. The Morgan fingerprint density at radius 1 is 1.43 bits per heavy atom. The number of nitro groups is 1. The Bertz CT molecular complexity index is 714. The van der Waals surface area contributed by atoms with E-state index in [1.807, 2.05) is 18.2 Å². The van der Waals surface area contributed by atoms with Gasteiger partial charge in [0.25, 0.3) is 0 Å². The van der Waals surface area contributed by atoms with Crippen LogP contribution in [0.4, 0.5) is 5.69 Å². The second-order valence-corrected chi connectivity index (χ2v) is 6.02. The molecule has 8 heteroatoms. The molecule has 0 radical (unpaired) electrons. The van der Waals surface area contributed by atoms with E-state index >= 15 is 0 Å². The summed E-state index contributed by atoms with van der Waals surface area (Å²) >= 11 is 0. The highest BCUT2D eigenvalue weighted by Crippen LogP contribution is 2.26. The number of benzene rings is 1. The van der Waals surface area contributed by atoms with Crippen molar-refractivity contribution in [3.05, 3.63) is 51.8 Å². The lowest BCUT2D eigenvalue weighted by molar-refractivity contribution is -0.385. The summed E-state index contributed by atoms with van der Waals surface area (Å²) in [5.74, 6) is -0.877. The van der Waals surface area contributed by atoms with Gasteiger partial charge in [-0.2, -0.15) is 5.10 Å². The quantitative estimate of drug-likeness (QED) is 0.670. The number of carboxylic acid groups (broad SMARTS) is 1. The molecule has 8 nitrogen and oxygen atoms in total. The first-order valence-electron chi connectivity index (χ1n) is 6.87. The zero-order valence-corrected chi connectivity index (χ0v) is 13.0. The first kappa shape index (κ1) is 16.5. The SMILES string of the molecule is CC(C)(C)c1cccc(OCn2cc([N+](=O)[O-])c(C(=O)O)n2)c1. The number of ether oxygens (including phenoxy) is 1. The molecule has 0 unspecified atom stereocenters. The maximum absolute atomic E-state index is 10.9. The standard InChI is InChI=1S/C15H17N3O5/c1-15(2,3)10-5-4-6-11(7-10)23-9-17-8-12(18(21)22)13(16-17)14(19)20/h4-8H,9H2,1-3H3,(H,19,20). The molecule has 0 aliphatic rings. The molecule has 0 amide bonds. The molecule has 0 saturated carbocycles. The molecule has 1 aromatic heterocycles. The van der Waals surface area contributed by atoms with Crippen LogP contribution in [-0.2, 0) is 12.1 Å². The van der Waals surface area contributed by atoms with Crippen LogP contribution in [-0.4, -0.2) is 25.8 Å². The van der Waals surface area contributed by atoms with Crippen LogP contribution >= 0.6 is 0 Å². The molecular weight excluding hydrogens is 302 g/mol. The Kier molecular flexibility index (Phi) is 4.35. The fourth-order valence-electron chi connectivity index (χ4n) is 1.96. The van der Waals surface area contributed by atoms with Crippen LogP contribution in [0.5, 0.6) is 5.75 Å². The van der Waals surface area contributed by atoms with Crippen LogP contribution in [0.15, 0.2) is 30.5 Å². The third-order valence-corrected chi connectivity index (χ3v) is 3.21. The van der Waals surface area contributed by atoms with Crippen molar-refractivity contribution >= 4 is 11.7 Å². The second kappa shape index (κ2) is 6.07. The van der Waals surface area contributed by atoms with Gasteiger partial charge in [0.2, 0.25) is 5.69 Å². The van der Waals surface area contributed by atoms with Crippen LogP contribution in [0.1, 0.15) is 36.8 Å². The third kappa shape index (κ3) is 3.85. The van der Waals surface area contributed by atoms with Crippen molar-refractivity contribution in [2.24, 2.45) is 0 Å². The Morgan fingerprint density at radius 3 is 2.65 bits per heavy atom. The number of carboxylic acids is 1. The highest BCUT2D eigenvalue weighted by molar-refractivity contribution is 5.89. The van der Waals surface area contributed by atoms with Gasteiger partial charge in [-0.05, 0) is 23.1 Å². The zero-order chi connectivity index (χ0) is 17.2. The number of aromatic carboxylic acids is 1. The minimum Gasteiger partial charge on any atom is -0.476 e. The van der Waals surface area contributed by atoms with E-state index in [0.717, 1.165) is 16.4 Å². The van der Waals surface area contributed by atoms with Gasteiger partial charge in [-0.15, -0.1) is 0 Å². The Labute approximate surface area is 132 Å². The lowest BCUT2D eigenvalue weighted by Gasteiger charge is -2.19. The van der Waals surface area contributed by atoms with Gasteiger partial charge < -0.3 is 9.84 Å². The topological polar surface area (TPSA) is 107 Å². The van der Waals surface area contributed by atoms with Crippen molar-refractivity contribution in [3.8, 4) is 5.75 Å². The van der Waals surface area contributed by atoms with Gasteiger partial charge in [0.1, 0.15) is 11.9 Å². The Morgan fingerprint density at radius 2 is 2.13 bits per heavy atom. The molecule has 1 heterocycles. The fraction of sp³-hybridized carbons (Fsp3) is 0.333. The van der Waals surface area contributed by atoms with Crippen molar-refractivity contribution in [2.75, 3.05) is 0 Å². The number of nitrogens with zero attached hydrogens (tertiary/aromatic N) is 3. The lowest BCUT2D eigenvalue weighted by atomic mass is 9.87. The van der Waals surface area contributed by atoms with E-state index in [-0.39, 0.29) is 12.1 Å². The van der Waals surface area contributed by atoms with Crippen molar-refractivity contribution < 1.29 is 19.6 Å². The summed E-state index contributed by atoms with van der Waals surface area (Å²) in [6, 6.07) is 7.46. The van der Waals surface area contributed by atoms with Crippen LogP contribution in [0.2, 0.25) is 0 Å². The first-order valence-corrected chi connectivity index (χ1v) is 6.87. The predicted molar refractivity (Wildman–Crippen MR) is 81.6 cm³/mol. The number of rotatable bonds is 5. The summed E-state index contributed by atoms with van der Waals surface area (Å²) < 4.78 is 6.63. The predicted octanol–water partition coefficient (Wildman–Crippen LogP) is 2.82. The molecule has 0 aliphatic carbocycles. The summed E-state index contributed by atoms with van der Waals surface area (Å²) in [4.78, 5) is 21.0. The number of aromatic nitrogens is 2. The maximum atomic E-state index is 10.9. The molecule has 2 aromatic rings. The summed E-state index contributed by atoms with van der Waals surface area (Å²) in [6.07, 6.45) is 1.04. The van der Waals surface area contributed by atoms with E-state index in [9.17, 15) is 14.9 Å². The monoisotopic (exact) mass is 319 g/mol. The molecule has 122 valence electrons. The van der Waals surface area contributed by atoms with E-state index in [2.05, 4.69) is 25.9 Å². The largest absolute Gasteiger partial charge is 0.476 e. The van der Waals surface area contributed by atoms with Gasteiger partial charge in [-0.3, -0.25) is 10.1 Å². The molecule has 0 spiro atoms. The highest BCUT2D eigenvalue weighted by atomic mass is 16.6. The molecule has 2 rings (SSSR count). The van der Waals surface area contributed by atoms with E-state index in [1.165, 1.54) is 0 Å². The van der Waals surface area contributed by atoms with Crippen LogP contribution in [0.25, 0.3) is 0 Å². The van der Waals surface area contributed by atoms with Crippen LogP contribution < -0.4 is 4.74 Å². The van der Waals surface area contributed by atoms with E-state index < -0.39 is 22.3 Å². The summed E-state index contributed by atoms with van der Waals surface area (Å²) in [7, 11) is 0. The Balaban J connectivity index is 2.17. The summed E-state index contributed by atoms with van der Waals surface area (Å²) in [6.45, 7) is 6.09. The summed E-state index contributed by atoms with van der Waals surface area (Å²) in [5.41, 5.74) is -0.139. The van der Waals surface area contributed by atoms with E-state index in [1.54, 1.807) is 6.07 Å². The van der Waals surface area contributed by atoms with Crippen molar-refractivity contribution in [1.82, 2.24) is 9.78 Å². The smallest absolute Gasteiger partial charge is 0.363 e. The van der Waals surface area contributed by atoms with Gasteiger partial charge in [0, 0.05) is 0 Å². The maximum Gasteiger partial charge on any atom is 0.363 e. The van der Waals surface area contributed by atoms with Gasteiger partial charge >= 0.3 is 11.7 Å². The van der Waals surface area contributed by atoms with Gasteiger partial charge in [-0.25, -0.2) is 9.48 Å². The fourth-order valence-corrected chi connectivity index (χ4v) is 1.96. The zero-order valence-electron chi connectivity index (χ0n) is 13.0. The summed E-state index contributed by atoms with van der Waals surface area (Å²) in [5, 5.41) is 23.4. The first-order chi connectivity index (χ1) is 10.7. The third-order valence-electron chi connectivity index (χ3n) is 3.21. The molecule has 1 aromatic carbocycles. The number of hydrogen-bond acceptors (Lipinski definition) is 5. The molecule has 1 N–H and O–H groups in total. The molecule has 0 saturated heterocycles. The van der Waals surface area contributed by atoms with Gasteiger partial charge in [-0.1, -0.05) is 32.9 Å². The van der Waals surface area contributed by atoms with E-state index in [4.69, 9.17) is 9.84 Å². The average Bonchev–Trinajstić information content (AvgIpc) is 2.89. The minimum absolute atomic E-state index is 0.0413. The van der Waals surface area contributed by atoms with E-state index in [0.29, 0.717) is 5.75 Å².